The smallest absolute Gasteiger partial charge is 0.411 e. The van der Waals surface area contributed by atoms with E-state index in [1.165, 1.54) is 61.4 Å². The van der Waals surface area contributed by atoms with Gasteiger partial charge >= 0.3 is 6.09 Å². The Morgan fingerprint density at radius 3 is 2.63 bits per heavy atom. The number of halogens is 1. The first-order valence-corrected chi connectivity index (χ1v) is 16.4. The molecule has 1 aliphatic heterocycles. The Morgan fingerprint density at radius 2 is 1.91 bits per heavy atom. The Labute approximate surface area is 267 Å². The van der Waals surface area contributed by atoms with E-state index in [-0.39, 0.29) is 22.8 Å². The van der Waals surface area contributed by atoms with Crippen molar-refractivity contribution in [2.75, 3.05) is 36.8 Å². The fourth-order valence-corrected chi connectivity index (χ4v) is 7.03. The molecule has 3 N–H and O–H groups in total. The molecule has 242 valence electrons. The molecular formula is C33H36FN5O6S. The molecular weight excluding hydrogens is 613 g/mol. The standard InChI is InChI=1S/C33H36FN5O6S/c1-5-46(42,43)30-11-9-23(37-33(41)45-4)17-26(30)28-7-6-14-38(28)32(40)31(25-18-29(44-3)20(2)15-27(25)34)39(35)24-10-8-22-19-36-13-12-21(22)16-24/h8-13,15-19,28,31H,5-7,14,35H2,1-4H3,(H,37,41)/t28-,31+/m1/s1. The maximum atomic E-state index is 15.8. The van der Waals surface area contributed by atoms with Crippen molar-refractivity contribution >= 4 is 44.0 Å². The molecule has 0 radical (unpaired) electrons. The Hall–Kier alpha value is -4.75. The van der Waals surface area contributed by atoms with E-state index in [1.54, 1.807) is 37.5 Å². The number of nitrogens with one attached hydrogen (secondary N) is 1. The van der Waals surface area contributed by atoms with Crippen molar-refractivity contribution in [2.45, 2.75) is 43.7 Å². The molecule has 1 saturated heterocycles. The van der Waals surface area contributed by atoms with Crippen LogP contribution in [-0.2, 0) is 19.4 Å². The van der Waals surface area contributed by atoms with Gasteiger partial charge in [-0.3, -0.25) is 20.1 Å². The minimum Gasteiger partial charge on any atom is -0.496 e. The number of carbonyl (C=O) groups excluding carboxylic acids is 2. The Kier molecular flexibility index (Phi) is 9.44. The van der Waals surface area contributed by atoms with Crippen molar-refractivity contribution in [2.24, 2.45) is 5.84 Å². The summed E-state index contributed by atoms with van der Waals surface area (Å²) in [6.07, 6.45) is 3.59. The Bertz CT molecular complexity index is 1900. The number of sulfone groups is 1. The van der Waals surface area contributed by atoms with Gasteiger partial charge in [-0.25, -0.2) is 23.4 Å². The number of aryl methyl sites for hydroxylation is 1. The first kappa shape index (κ1) is 32.6. The first-order valence-electron chi connectivity index (χ1n) is 14.7. The minimum absolute atomic E-state index is 0.00191. The second-order valence-corrected chi connectivity index (χ2v) is 13.3. The molecule has 4 aromatic rings. The van der Waals surface area contributed by atoms with Gasteiger partial charge in [-0.15, -0.1) is 0 Å². The number of likely N-dealkylation sites (tertiary alicyclic amines) is 1. The molecule has 1 fully saturated rings. The van der Waals surface area contributed by atoms with E-state index in [0.717, 1.165) is 10.8 Å². The summed E-state index contributed by atoms with van der Waals surface area (Å²) in [6, 6.07) is 12.3. The summed E-state index contributed by atoms with van der Waals surface area (Å²) in [6.45, 7) is 3.50. The maximum Gasteiger partial charge on any atom is 0.411 e. The summed E-state index contributed by atoms with van der Waals surface area (Å²) in [7, 11) is -1.06. The van der Waals surface area contributed by atoms with Crippen LogP contribution >= 0.6 is 0 Å². The van der Waals surface area contributed by atoms with Crippen LogP contribution in [0.15, 0.2) is 71.9 Å². The van der Waals surface area contributed by atoms with Gasteiger partial charge in [0.05, 0.1) is 36.6 Å². The van der Waals surface area contributed by atoms with Crippen LogP contribution in [0.5, 0.6) is 5.75 Å². The van der Waals surface area contributed by atoms with Gasteiger partial charge in [0.2, 0.25) is 0 Å². The number of rotatable bonds is 9. The molecule has 0 bridgehead atoms. The van der Waals surface area contributed by atoms with E-state index in [4.69, 9.17) is 15.3 Å². The van der Waals surface area contributed by atoms with E-state index in [1.807, 2.05) is 6.07 Å². The summed E-state index contributed by atoms with van der Waals surface area (Å²) in [5.41, 5.74) is 1.63. The third-order valence-corrected chi connectivity index (χ3v) is 10.1. The number of ether oxygens (including phenoxy) is 2. The number of hydrogen-bond donors (Lipinski definition) is 2. The van der Waals surface area contributed by atoms with E-state index in [9.17, 15) is 18.0 Å². The maximum absolute atomic E-state index is 15.8. The molecule has 0 aliphatic carbocycles. The molecule has 13 heteroatoms. The molecule has 1 aromatic heterocycles. The van der Waals surface area contributed by atoms with Gasteiger partial charge < -0.3 is 14.4 Å². The molecule has 3 aromatic carbocycles. The van der Waals surface area contributed by atoms with E-state index in [2.05, 4.69) is 10.3 Å². The van der Waals surface area contributed by atoms with E-state index >= 15 is 4.39 Å². The van der Waals surface area contributed by atoms with Gasteiger partial charge in [0.25, 0.3) is 5.91 Å². The van der Waals surface area contributed by atoms with Crippen LogP contribution < -0.4 is 20.9 Å². The van der Waals surface area contributed by atoms with Gasteiger partial charge in [0.1, 0.15) is 11.6 Å². The number of nitrogens with two attached hydrogens (primary N) is 1. The predicted octanol–water partition coefficient (Wildman–Crippen LogP) is 5.45. The predicted molar refractivity (Wildman–Crippen MR) is 173 cm³/mol. The van der Waals surface area contributed by atoms with Crippen LogP contribution in [0.3, 0.4) is 0 Å². The molecule has 1 aliphatic rings. The minimum atomic E-state index is -3.74. The summed E-state index contributed by atoms with van der Waals surface area (Å²) >= 11 is 0. The van der Waals surface area contributed by atoms with Crippen LogP contribution in [0.4, 0.5) is 20.6 Å². The lowest BCUT2D eigenvalue weighted by Crippen LogP contribution is -2.46. The van der Waals surface area contributed by atoms with Crippen molar-refractivity contribution < 1.29 is 31.9 Å². The highest BCUT2D eigenvalue weighted by molar-refractivity contribution is 7.91. The second-order valence-electron chi connectivity index (χ2n) is 11.0. The van der Waals surface area contributed by atoms with Crippen LogP contribution in [0.2, 0.25) is 0 Å². The van der Waals surface area contributed by atoms with Gasteiger partial charge in [0.15, 0.2) is 15.9 Å². The van der Waals surface area contributed by atoms with Gasteiger partial charge in [-0.2, -0.15) is 0 Å². The van der Waals surface area contributed by atoms with Crippen molar-refractivity contribution in [1.82, 2.24) is 9.88 Å². The van der Waals surface area contributed by atoms with Crippen LogP contribution in [0.25, 0.3) is 10.8 Å². The first-order chi connectivity index (χ1) is 22.0. The number of methoxy groups -OCH3 is 2. The Balaban J connectivity index is 1.64. The number of hydrazine groups is 1. The van der Waals surface area contributed by atoms with Crippen LogP contribution in [-0.4, -0.2) is 56.8 Å². The van der Waals surface area contributed by atoms with Gasteiger partial charge in [0, 0.05) is 35.6 Å². The van der Waals surface area contributed by atoms with Crippen LogP contribution in [0, 0.1) is 12.7 Å². The number of aromatic nitrogens is 1. The number of nitrogens with zero attached hydrogens (tertiary/aromatic N) is 3. The molecule has 0 spiro atoms. The Morgan fingerprint density at radius 1 is 1.13 bits per heavy atom. The molecule has 2 atom stereocenters. The molecule has 11 nitrogen and oxygen atoms in total. The van der Waals surface area contributed by atoms with E-state index in [0.29, 0.717) is 41.1 Å². The molecule has 2 amide bonds. The van der Waals surface area contributed by atoms with Crippen molar-refractivity contribution in [3.8, 4) is 5.75 Å². The molecule has 46 heavy (non-hydrogen) atoms. The molecule has 0 unspecified atom stereocenters. The number of hydrogen-bond acceptors (Lipinski definition) is 9. The molecule has 0 saturated carbocycles. The van der Waals surface area contributed by atoms with E-state index < -0.39 is 39.7 Å². The highest BCUT2D eigenvalue weighted by atomic mass is 32.2. The average molecular weight is 650 g/mol. The third kappa shape index (κ3) is 6.33. The number of amides is 2. The van der Waals surface area contributed by atoms with Gasteiger partial charge in [-0.05, 0) is 84.8 Å². The SMILES string of the molecule is CCS(=O)(=O)c1ccc(NC(=O)OC)cc1[C@H]1CCCN1C(=O)[C@H](c1cc(OC)c(C)cc1F)N(N)c1ccc2cnccc2c1. The molecule has 5 rings (SSSR count). The van der Waals surface area contributed by atoms with Crippen molar-refractivity contribution in [3.63, 3.8) is 0 Å². The fraction of sp³-hybridized carbons (Fsp3) is 0.303. The summed E-state index contributed by atoms with van der Waals surface area (Å²) in [5.74, 6) is 5.76. The normalized spacial score (nSPS) is 15.4. The number of anilines is 2. The zero-order valence-electron chi connectivity index (χ0n) is 26.0. The lowest BCUT2D eigenvalue weighted by atomic mass is 9.98. The van der Waals surface area contributed by atoms with Gasteiger partial charge in [-0.1, -0.05) is 13.0 Å². The second kappa shape index (κ2) is 13.3. The lowest BCUT2D eigenvalue weighted by molar-refractivity contribution is -0.134. The highest BCUT2D eigenvalue weighted by Crippen LogP contribution is 2.41. The quantitative estimate of drug-likeness (QED) is 0.179. The van der Waals surface area contributed by atoms with Crippen molar-refractivity contribution in [3.05, 3.63) is 89.5 Å². The lowest BCUT2D eigenvalue weighted by Gasteiger charge is -2.35. The topological polar surface area (TPSA) is 144 Å². The average Bonchev–Trinajstić information content (AvgIpc) is 3.55. The van der Waals surface area contributed by atoms with Crippen molar-refractivity contribution in [1.29, 1.82) is 0 Å². The number of pyridine rings is 1. The summed E-state index contributed by atoms with van der Waals surface area (Å²) in [4.78, 5) is 32.4. The number of carbonyl (C=O) groups is 2. The highest BCUT2D eigenvalue weighted by Gasteiger charge is 2.40. The molecule has 2 heterocycles. The monoisotopic (exact) mass is 649 g/mol. The third-order valence-electron chi connectivity index (χ3n) is 8.29. The zero-order valence-corrected chi connectivity index (χ0v) is 26.8. The summed E-state index contributed by atoms with van der Waals surface area (Å²) in [5, 5.41) is 5.47. The zero-order chi connectivity index (χ0) is 33.2. The fourth-order valence-electron chi connectivity index (χ4n) is 5.89. The van der Waals surface area contributed by atoms with Crippen LogP contribution in [0.1, 0.15) is 48.5 Å². The number of fused-ring (bicyclic) bond motifs is 1. The largest absolute Gasteiger partial charge is 0.496 e. The number of benzene rings is 3. The summed E-state index contributed by atoms with van der Waals surface area (Å²) < 4.78 is 52.5.